The molecule has 1 aliphatic heterocycles. The van der Waals surface area contributed by atoms with Gasteiger partial charge in [-0.15, -0.1) is 0 Å². The molecule has 0 unspecified atom stereocenters. The quantitative estimate of drug-likeness (QED) is 0.427. The van der Waals surface area contributed by atoms with Crippen LogP contribution in [0.25, 0.3) is 0 Å². The first-order chi connectivity index (χ1) is 10.5. The van der Waals surface area contributed by atoms with Crippen molar-refractivity contribution in [3.63, 3.8) is 0 Å². The van der Waals surface area contributed by atoms with E-state index < -0.39 is 56.9 Å². The lowest BCUT2D eigenvalue weighted by Crippen LogP contribution is -2.87. The van der Waals surface area contributed by atoms with E-state index in [-0.39, 0.29) is 0 Å². The molecule has 0 aliphatic carbocycles. The van der Waals surface area contributed by atoms with Crippen molar-refractivity contribution in [1.82, 2.24) is 0 Å². The Kier molecular flexibility index (Phi) is 6.22. The van der Waals surface area contributed by atoms with Gasteiger partial charge >= 0.3 is 0 Å². The molecule has 0 aromatic rings. The van der Waals surface area contributed by atoms with E-state index in [1.807, 2.05) is 0 Å². The molecule has 25 heavy (non-hydrogen) atoms. The summed E-state index contributed by atoms with van der Waals surface area (Å²) < 4.78 is 0. The van der Waals surface area contributed by atoms with Crippen LogP contribution in [0.2, 0.25) is 105 Å². The van der Waals surface area contributed by atoms with Crippen molar-refractivity contribution in [2.75, 3.05) is 0 Å². The zero-order valence-corrected chi connectivity index (χ0v) is 29.5. The summed E-state index contributed by atoms with van der Waals surface area (Å²) in [4.78, 5) is 0. The van der Waals surface area contributed by atoms with Crippen molar-refractivity contribution in [1.29, 1.82) is 0 Å². The van der Waals surface area contributed by atoms with E-state index in [2.05, 4.69) is 105 Å². The Balaban J connectivity index is 4.12. The van der Waals surface area contributed by atoms with Crippen molar-refractivity contribution in [2.24, 2.45) is 0 Å². The second-order valence-corrected chi connectivity index (χ2v) is 117. The van der Waals surface area contributed by atoms with Gasteiger partial charge in [0, 0.05) is 65.4 Å². The fourth-order valence-electron chi connectivity index (χ4n) is 8.28. The maximum Gasteiger partial charge on any atom is 0.0303 e. The maximum atomic E-state index is 3.00. The molecule has 148 valence electrons. The van der Waals surface area contributed by atoms with Gasteiger partial charge < -0.3 is 0 Å². The topological polar surface area (TPSA) is 0 Å². The minimum atomic E-state index is -1.13. The largest absolute Gasteiger partial charge is 0.0739 e. The van der Waals surface area contributed by atoms with Crippen molar-refractivity contribution in [3.8, 4) is 0 Å². The lowest BCUT2D eigenvalue weighted by Gasteiger charge is -2.59. The van der Waals surface area contributed by atoms with E-state index in [0.29, 0.717) is 0 Å². The summed E-state index contributed by atoms with van der Waals surface area (Å²) >= 11 is 0. The first-order valence-electron chi connectivity index (χ1n) is 10.2. The first kappa shape index (κ1) is 25.0. The van der Waals surface area contributed by atoms with Gasteiger partial charge in [0.05, 0.1) is 0 Å². The van der Waals surface area contributed by atoms with E-state index in [4.69, 9.17) is 0 Å². The molecule has 1 saturated heterocycles. The van der Waals surface area contributed by atoms with E-state index in [9.17, 15) is 0 Å². The Morgan fingerprint density at radius 2 is 0.560 bits per heavy atom. The highest BCUT2D eigenvalue weighted by atomic mass is 30.5. The maximum absolute atomic E-state index is 3.00. The Labute approximate surface area is 169 Å². The highest BCUT2D eigenvalue weighted by Crippen LogP contribution is 2.54. The van der Waals surface area contributed by atoms with Crippen LogP contribution in [0.5, 0.6) is 0 Å². The molecule has 0 amide bonds. The lowest BCUT2D eigenvalue weighted by atomic mass is 11.8. The molecule has 1 rings (SSSR count). The van der Waals surface area contributed by atoms with Crippen LogP contribution in [-0.2, 0) is 0 Å². The van der Waals surface area contributed by atoms with Crippen LogP contribution < -0.4 is 0 Å². The fraction of sp³-hybridized carbons (Fsp3) is 1.00. The average Bonchev–Trinajstić information content (AvgIpc) is 2.36. The summed E-state index contributed by atoms with van der Waals surface area (Å²) in [7, 11) is -5.04. The van der Waals surface area contributed by atoms with Crippen molar-refractivity contribution in [3.05, 3.63) is 0 Å². The smallest absolute Gasteiger partial charge is 0.0303 e. The summed E-state index contributed by atoms with van der Waals surface area (Å²) in [5.41, 5.74) is 0. The van der Waals surface area contributed by atoms with Gasteiger partial charge in [0.15, 0.2) is 0 Å². The zero-order chi connectivity index (χ0) is 20.7. The monoisotopic (exact) mass is 492 g/mol. The molecule has 0 atom stereocenters. The van der Waals surface area contributed by atoms with Gasteiger partial charge in [0.1, 0.15) is 0 Å². The van der Waals surface area contributed by atoms with Crippen LogP contribution in [0.15, 0.2) is 0 Å². The van der Waals surface area contributed by atoms with Crippen LogP contribution in [0.4, 0.5) is 0 Å². The summed E-state index contributed by atoms with van der Waals surface area (Å²) in [6.45, 7) is 46.2. The van der Waals surface area contributed by atoms with E-state index in [0.717, 1.165) is 0 Å². The van der Waals surface area contributed by atoms with Gasteiger partial charge in [-0.3, -0.25) is 0 Å². The third-order valence-electron chi connectivity index (χ3n) is 8.31. The Bertz CT molecular complexity index is 448. The molecule has 1 aliphatic rings. The van der Waals surface area contributed by atoms with Gasteiger partial charge in [-0.05, 0) is 0 Å². The molecule has 1 heterocycles. The number of hydrogen-bond acceptors (Lipinski definition) is 0. The van der Waals surface area contributed by atoms with E-state index in [1.165, 1.54) is 0 Å². The zero-order valence-electron chi connectivity index (χ0n) is 20.5. The molecule has 0 N–H and O–H groups in total. The van der Waals surface area contributed by atoms with E-state index in [1.54, 1.807) is 8.55 Å². The molecule has 2 radical (unpaired) electrons. The Hall–Kier alpha value is 1.95. The molecule has 0 nitrogen and oxygen atoms in total. The second-order valence-electron chi connectivity index (χ2n) is 13.9. The number of hydrogen-bond donors (Lipinski definition) is 0. The first-order valence-corrected chi connectivity index (χ1v) is 44.2. The molecule has 0 aromatic heterocycles. The summed E-state index contributed by atoms with van der Waals surface area (Å²) in [6.07, 6.45) is -2.23. The van der Waals surface area contributed by atoms with Gasteiger partial charge in [0.25, 0.3) is 0 Å². The molecule has 0 spiro atoms. The van der Waals surface area contributed by atoms with Gasteiger partial charge in [-0.1, -0.05) is 105 Å². The third kappa shape index (κ3) is 2.96. The molecule has 0 saturated carbocycles. The fourth-order valence-corrected chi connectivity index (χ4v) is 473. The van der Waals surface area contributed by atoms with Crippen LogP contribution >= 0.6 is 0 Å². The molecule has 0 aromatic carbocycles. The van der Waals surface area contributed by atoms with Gasteiger partial charge in [-0.2, -0.15) is 0 Å². The Morgan fingerprint density at radius 1 is 0.400 bits per heavy atom. The standard InChI is InChI=1S/C16H48Si9/c1-18(2,3)24(19(4,5)6)17-25(20(7,8)9,21(10,11)12)23(15,16)22(24,13)14/h1-16H3. The Morgan fingerprint density at radius 3 is 0.640 bits per heavy atom. The normalized spacial score (nSPS) is 25.9. The minimum absolute atomic E-state index is 1.09. The van der Waals surface area contributed by atoms with Crippen molar-refractivity contribution in [2.45, 2.75) is 105 Å². The summed E-state index contributed by atoms with van der Waals surface area (Å²) in [5.74, 6) is 0. The van der Waals surface area contributed by atoms with E-state index >= 15 is 0 Å². The highest BCUT2D eigenvalue weighted by Gasteiger charge is 2.82. The van der Waals surface area contributed by atoms with Crippen LogP contribution in [-0.4, -0.2) is 65.4 Å². The van der Waals surface area contributed by atoms with Crippen LogP contribution in [0, 0.1) is 0 Å². The highest BCUT2D eigenvalue weighted by molar-refractivity contribution is 8.34. The van der Waals surface area contributed by atoms with Crippen LogP contribution in [0.1, 0.15) is 0 Å². The molecular weight excluding hydrogens is 445 g/mol. The third-order valence-corrected chi connectivity index (χ3v) is 250. The molecule has 1 fully saturated rings. The van der Waals surface area contributed by atoms with Crippen molar-refractivity contribution >= 4 is 65.4 Å². The van der Waals surface area contributed by atoms with Crippen LogP contribution in [0.3, 0.4) is 0 Å². The van der Waals surface area contributed by atoms with Crippen molar-refractivity contribution < 1.29 is 0 Å². The number of rotatable bonds is 4. The second kappa shape index (κ2) is 6.22. The van der Waals surface area contributed by atoms with Gasteiger partial charge in [-0.25, -0.2) is 0 Å². The lowest BCUT2D eigenvalue weighted by molar-refractivity contribution is 1.77. The van der Waals surface area contributed by atoms with Gasteiger partial charge in [0.2, 0.25) is 0 Å². The average molecular weight is 493 g/mol. The molecule has 9 heteroatoms. The molecule has 0 bridgehead atoms. The summed E-state index contributed by atoms with van der Waals surface area (Å²) in [6, 6.07) is 0. The minimum Gasteiger partial charge on any atom is -0.0739 e. The predicted molar refractivity (Wildman–Crippen MR) is 146 cm³/mol. The predicted octanol–water partition coefficient (Wildman–Crippen LogP) is 5.91. The summed E-state index contributed by atoms with van der Waals surface area (Å²) in [5, 5.41) is 0. The molecular formula is C16H48Si9. The SMILES string of the molecule is C[Si](C)(C)[Si]1([Si](C)(C)C)[Si][Si]([Si](C)(C)C)([Si](C)(C)C)[Si](C)(C)[Si]1(C)C.